The van der Waals surface area contributed by atoms with E-state index in [1.807, 2.05) is 32.9 Å². The number of nitrogens with zero attached hydrogens (tertiary/aromatic N) is 2. The molecule has 0 aromatic heterocycles. The Hall–Kier alpha value is -1.26. The van der Waals surface area contributed by atoms with Gasteiger partial charge in [-0.2, -0.15) is 0 Å². The van der Waals surface area contributed by atoms with E-state index < -0.39 is 5.60 Å². The number of halogens is 1. The molecule has 1 fully saturated rings. The highest BCUT2D eigenvalue weighted by Gasteiger charge is 2.39. The molecule has 0 atom stereocenters. The number of hydrogen-bond acceptors (Lipinski definition) is 3. The summed E-state index contributed by atoms with van der Waals surface area (Å²) in [5.74, 6) is 0. The van der Waals surface area contributed by atoms with Crippen molar-refractivity contribution in [3.63, 3.8) is 0 Å². The van der Waals surface area contributed by atoms with Gasteiger partial charge in [-0.15, -0.1) is 0 Å². The molecule has 5 heteroatoms. The van der Waals surface area contributed by atoms with Crippen LogP contribution in [0, 0.1) is 0 Å². The molecule has 2 heterocycles. The molecular formula is C16H21ClN2O2. The standard InChI is InChI=1S/C16H21ClN2O2/c1-16(2,3)21-15(20)19-8-12(9-19)18-7-11-5-4-6-14(17)13(11)10-18/h4-6,12H,7-10H2,1-3H3. The molecular weight excluding hydrogens is 288 g/mol. The molecule has 21 heavy (non-hydrogen) atoms. The fourth-order valence-electron chi connectivity index (χ4n) is 2.83. The van der Waals surface area contributed by atoms with Crippen molar-refractivity contribution in [2.75, 3.05) is 13.1 Å². The van der Waals surface area contributed by atoms with Gasteiger partial charge < -0.3 is 9.64 Å². The monoisotopic (exact) mass is 308 g/mol. The Morgan fingerprint density at radius 1 is 1.29 bits per heavy atom. The van der Waals surface area contributed by atoms with E-state index in [9.17, 15) is 4.79 Å². The number of hydrogen-bond donors (Lipinski definition) is 0. The number of carbonyl (C=O) groups excluding carboxylic acids is 1. The number of ether oxygens (including phenoxy) is 1. The molecule has 4 nitrogen and oxygen atoms in total. The van der Waals surface area contributed by atoms with Crippen LogP contribution in [-0.2, 0) is 17.8 Å². The topological polar surface area (TPSA) is 32.8 Å². The number of benzene rings is 1. The minimum absolute atomic E-state index is 0.214. The lowest BCUT2D eigenvalue weighted by Crippen LogP contribution is -2.60. The second kappa shape index (κ2) is 5.18. The summed E-state index contributed by atoms with van der Waals surface area (Å²) in [4.78, 5) is 16.1. The van der Waals surface area contributed by atoms with Gasteiger partial charge in [-0.05, 0) is 38.0 Å². The highest BCUT2D eigenvalue weighted by Crippen LogP contribution is 2.32. The van der Waals surface area contributed by atoms with Gasteiger partial charge in [0.2, 0.25) is 0 Å². The highest BCUT2D eigenvalue weighted by atomic mass is 35.5. The van der Waals surface area contributed by atoms with Crippen LogP contribution in [-0.4, -0.2) is 40.6 Å². The first-order chi connectivity index (χ1) is 9.83. The zero-order valence-electron chi connectivity index (χ0n) is 12.7. The number of amides is 1. The molecule has 3 rings (SSSR count). The van der Waals surface area contributed by atoms with Crippen LogP contribution in [0.3, 0.4) is 0 Å². The van der Waals surface area contributed by atoms with Crippen LogP contribution in [0.5, 0.6) is 0 Å². The summed E-state index contributed by atoms with van der Waals surface area (Å²) in [5.41, 5.74) is 2.10. The van der Waals surface area contributed by atoms with Gasteiger partial charge in [0.15, 0.2) is 0 Å². The third-order valence-electron chi connectivity index (χ3n) is 3.98. The molecule has 114 valence electrons. The Balaban J connectivity index is 1.55. The van der Waals surface area contributed by atoms with E-state index >= 15 is 0 Å². The Bertz CT molecular complexity index is 562. The average Bonchev–Trinajstić information content (AvgIpc) is 2.69. The summed E-state index contributed by atoms with van der Waals surface area (Å²) < 4.78 is 5.38. The first kappa shape index (κ1) is 14.7. The maximum Gasteiger partial charge on any atom is 0.410 e. The Labute approximate surface area is 130 Å². The van der Waals surface area contributed by atoms with Crippen LogP contribution in [0.2, 0.25) is 5.02 Å². The maximum absolute atomic E-state index is 11.9. The quantitative estimate of drug-likeness (QED) is 0.798. The number of likely N-dealkylation sites (tertiary alicyclic amines) is 1. The summed E-state index contributed by atoms with van der Waals surface area (Å²) in [6, 6.07) is 6.47. The van der Waals surface area contributed by atoms with Crippen molar-refractivity contribution in [3.05, 3.63) is 34.3 Å². The van der Waals surface area contributed by atoms with Crippen LogP contribution >= 0.6 is 11.6 Å². The fourth-order valence-corrected chi connectivity index (χ4v) is 3.08. The largest absolute Gasteiger partial charge is 0.444 e. The smallest absolute Gasteiger partial charge is 0.410 e. The lowest BCUT2D eigenvalue weighted by molar-refractivity contribution is -0.0163. The lowest BCUT2D eigenvalue weighted by atomic mass is 10.1. The molecule has 0 saturated carbocycles. The maximum atomic E-state index is 11.9. The molecule has 0 N–H and O–H groups in total. The van der Waals surface area contributed by atoms with Gasteiger partial charge in [0.1, 0.15) is 5.60 Å². The molecule has 0 bridgehead atoms. The van der Waals surface area contributed by atoms with Crippen LogP contribution in [0.4, 0.5) is 4.79 Å². The number of rotatable bonds is 1. The normalized spacial score (nSPS) is 19.3. The van der Waals surface area contributed by atoms with Crippen LogP contribution < -0.4 is 0 Å². The predicted octanol–water partition coefficient (Wildman–Crippen LogP) is 3.27. The van der Waals surface area contributed by atoms with Crippen molar-refractivity contribution < 1.29 is 9.53 Å². The predicted molar refractivity (Wildman–Crippen MR) is 82.3 cm³/mol. The van der Waals surface area contributed by atoms with Crippen LogP contribution in [0.15, 0.2) is 18.2 Å². The van der Waals surface area contributed by atoms with E-state index in [0.717, 1.165) is 31.2 Å². The molecule has 2 aliphatic heterocycles. The van der Waals surface area contributed by atoms with Gasteiger partial charge >= 0.3 is 6.09 Å². The summed E-state index contributed by atoms with van der Waals surface area (Å²) in [5, 5.41) is 0.846. The molecule has 1 saturated heterocycles. The Kier molecular flexibility index (Phi) is 3.62. The zero-order valence-corrected chi connectivity index (χ0v) is 13.5. The van der Waals surface area contributed by atoms with E-state index in [2.05, 4.69) is 11.0 Å². The summed E-state index contributed by atoms with van der Waals surface area (Å²) in [6.45, 7) is 8.94. The lowest BCUT2D eigenvalue weighted by Gasteiger charge is -2.44. The Morgan fingerprint density at radius 2 is 2.00 bits per heavy atom. The van der Waals surface area contributed by atoms with Crippen molar-refractivity contribution in [1.29, 1.82) is 0 Å². The zero-order chi connectivity index (χ0) is 15.2. The SMILES string of the molecule is CC(C)(C)OC(=O)N1CC(N2Cc3cccc(Cl)c3C2)C1. The van der Waals surface area contributed by atoms with Gasteiger partial charge in [-0.25, -0.2) is 4.79 Å². The number of fused-ring (bicyclic) bond motifs is 1. The van der Waals surface area contributed by atoms with Gasteiger partial charge in [0.05, 0.1) is 0 Å². The summed E-state index contributed by atoms with van der Waals surface area (Å²) >= 11 is 6.24. The molecule has 0 unspecified atom stereocenters. The molecule has 0 radical (unpaired) electrons. The average molecular weight is 309 g/mol. The second-order valence-electron chi connectivity index (χ2n) is 6.82. The van der Waals surface area contributed by atoms with Gasteiger partial charge in [0.25, 0.3) is 0 Å². The van der Waals surface area contributed by atoms with Gasteiger partial charge in [0, 0.05) is 37.2 Å². The molecule has 1 amide bonds. The first-order valence-electron chi connectivity index (χ1n) is 7.32. The van der Waals surface area contributed by atoms with Crippen molar-refractivity contribution >= 4 is 17.7 Å². The van der Waals surface area contributed by atoms with E-state index in [-0.39, 0.29) is 6.09 Å². The van der Waals surface area contributed by atoms with Crippen molar-refractivity contribution in [3.8, 4) is 0 Å². The summed E-state index contributed by atoms with van der Waals surface area (Å²) in [6.07, 6.45) is -0.214. The molecule has 1 aromatic rings. The third kappa shape index (κ3) is 3.01. The van der Waals surface area contributed by atoms with Crippen molar-refractivity contribution in [1.82, 2.24) is 9.80 Å². The van der Waals surface area contributed by atoms with E-state index in [1.165, 1.54) is 11.1 Å². The molecule has 0 aliphatic carbocycles. The van der Waals surface area contributed by atoms with E-state index in [0.29, 0.717) is 6.04 Å². The van der Waals surface area contributed by atoms with Crippen LogP contribution in [0.1, 0.15) is 31.9 Å². The van der Waals surface area contributed by atoms with E-state index in [1.54, 1.807) is 4.90 Å². The van der Waals surface area contributed by atoms with Gasteiger partial charge in [-0.3, -0.25) is 4.90 Å². The van der Waals surface area contributed by atoms with E-state index in [4.69, 9.17) is 16.3 Å². The molecule has 2 aliphatic rings. The number of carbonyl (C=O) groups is 1. The summed E-state index contributed by atoms with van der Waals surface area (Å²) in [7, 11) is 0. The van der Waals surface area contributed by atoms with Gasteiger partial charge in [-0.1, -0.05) is 23.7 Å². The highest BCUT2D eigenvalue weighted by molar-refractivity contribution is 6.31. The fraction of sp³-hybridized carbons (Fsp3) is 0.562. The van der Waals surface area contributed by atoms with Crippen LogP contribution in [0.25, 0.3) is 0 Å². The van der Waals surface area contributed by atoms with Crippen molar-refractivity contribution in [2.45, 2.75) is 45.5 Å². The third-order valence-corrected chi connectivity index (χ3v) is 4.33. The molecule has 1 aromatic carbocycles. The minimum atomic E-state index is -0.431. The Morgan fingerprint density at radius 3 is 2.62 bits per heavy atom. The second-order valence-corrected chi connectivity index (χ2v) is 7.23. The minimum Gasteiger partial charge on any atom is -0.444 e. The van der Waals surface area contributed by atoms with Crippen molar-refractivity contribution in [2.24, 2.45) is 0 Å². The first-order valence-corrected chi connectivity index (χ1v) is 7.69. The molecule has 0 spiro atoms.